The predicted octanol–water partition coefficient (Wildman–Crippen LogP) is 4.07. The molecule has 7 rings (SSSR count). The Morgan fingerprint density at radius 1 is 0.786 bits per heavy atom. The molecule has 0 aliphatic carbocycles. The number of hydrogen-bond donors (Lipinski definition) is 3. The van der Waals surface area contributed by atoms with Crippen LogP contribution in [-0.4, -0.2) is 100 Å². The van der Waals surface area contributed by atoms with Crippen LogP contribution in [-0.2, 0) is 19.2 Å². The molecule has 4 aliphatic rings. The zero-order chi connectivity index (χ0) is 39.7. The molecule has 0 spiro atoms. The monoisotopic (exact) mass is 761 g/mol. The summed E-state index contributed by atoms with van der Waals surface area (Å²) in [5.74, 6) is -1.09. The average Bonchev–Trinajstić information content (AvgIpc) is 3.99. The van der Waals surface area contributed by atoms with Gasteiger partial charge in [0.2, 0.25) is 17.7 Å². The fourth-order valence-corrected chi connectivity index (χ4v) is 8.86. The van der Waals surface area contributed by atoms with Crippen LogP contribution < -0.4 is 25.8 Å². The van der Waals surface area contributed by atoms with Crippen LogP contribution in [0.2, 0.25) is 0 Å². The van der Waals surface area contributed by atoms with Gasteiger partial charge in [0.25, 0.3) is 5.91 Å². The zero-order valence-electron chi connectivity index (χ0n) is 32.7. The molecule has 0 bridgehead atoms. The summed E-state index contributed by atoms with van der Waals surface area (Å²) in [6, 6.07) is 13.3. The first-order chi connectivity index (χ1) is 27.0. The third-order valence-electron chi connectivity index (χ3n) is 11.6. The van der Waals surface area contributed by atoms with E-state index in [1.807, 2.05) is 32.0 Å². The lowest BCUT2D eigenvalue weighted by Crippen LogP contribution is -2.55. The molecule has 3 aromatic rings. The molecule has 3 unspecified atom stereocenters. The minimum absolute atomic E-state index is 0.301. The van der Waals surface area contributed by atoms with Gasteiger partial charge >= 0.3 is 5.97 Å². The maximum atomic E-state index is 14.1. The zero-order valence-corrected chi connectivity index (χ0v) is 32.7. The summed E-state index contributed by atoms with van der Waals surface area (Å²) in [4.78, 5) is 71.7. The summed E-state index contributed by atoms with van der Waals surface area (Å²) in [7, 11) is 0. The standard InChI is InChI=1S/C44H51N5O7/c1-5-12-28-23-37-31(21-26(28)3)40(32-22-27(4)33(45-6-2)24-38(32)56-37)29-13-7-8-14-30(29)41(51)46-25-39(50)47-18-9-15-34(47)42(52)48-19-10-16-35(48)43(53)49-20-11-17-36(49)44(54)55/h7-8,12-14,21-24,34-36,45H,5-6,9-11,15-20,25H2,1-4H3,(H,46,51)(H,54,55). The number of anilines is 1. The number of nitrogens with zero attached hydrogens (tertiary/aromatic N) is 3. The number of aliphatic carboxylic acids is 1. The van der Waals surface area contributed by atoms with Crippen LogP contribution in [0.15, 0.2) is 48.5 Å². The van der Waals surface area contributed by atoms with E-state index in [9.17, 15) is 29.1 Å². The molecule has 12 heteroatoms. The van der Waals surface area contributed by atoms with Gasteiger partial charge < -0.3 is 35.2 Å². The van der Waals surface area contributed by atoms with E-state index in [1.165, 1.54) is 9.80 Å². The molecule has 294 valence electrons. The highest BCUT2D eigenvalue weighted by Gasteiger charge is 2.45. The second kappa shape index (κ2) is 16.2. The van der Waals surface area contributed by atoms with Crippen molar-refractivity contribution in [3.8, 4) is 11.5 Å². The number of carbonyl (C=O) groups is 5. The number of fused-ring (bicyclic) bond motifs is 2. The molecule has 0 radical (unpaired) electrons. The van der Waals surface area contributed by atoms with E-state index in [4.69, 9.17) is 4.74 Å². The molecule has 12 nitrogen and oxygen atoms in total. The Bertz CT molecular complexity index is 2220. The summed E-state index contributed by atoms with van der Waals surface area (Å²) >= 11 is 0. The van der Waals surface area contributed by atoms with Crippen molar-refractivity contribution in [1.82, 2.24) is 20.0 Å². The largest absolute Gasteiger partial charge is 0.480 e. The minimum atomic E-state index is -1.03. The SMILES string of the molecule is CCC=c1cc2c(cc1C)=C(c1ccccc1C(=O)NCC(=O)N1CCCC1C(=O)N1CCCC1C(=O)N1CCCC1C(=O)O)c1cc(C)c(NCC)cc1O2. The molecule has 56 heavy (non-hydrogen) atoms. The van der Waals surface area contributed by atoms with Gasteiger partial charge in [0.05, 0.1) is 6.54 Å². The fourth-order valence-electron chi connectivity index (χ4n) is 8.86. The van der Waals surface area contributed by atoms with Crippen molar-refractivity contribution < 1.29 is 33.8 Å². The molecular weight excluding hydrogens is 711 g/mol. The number of likely N-dealkylation sites (tertiary alicyclic amines) is 3. The fraction of sp³-hybridized carbons (Fsp3) is 0.432. The van der Waals surface area contributed by atoms with Gasteiger partial charge in [-0.1, -0.05) is 31.2 Å². The number of benzene rings is 3. The molecule has 3 aromatic carbocycles. The van der Waals surface area contributed by atoms with Crippen molar-refractivity contribution >= 4 is 46.9 Å². The van der Waals surface area contributed by atoms with Crippen LogP contribution in [0.4, 0.5) is 5.69 Å². The second-order valence-electron chi connectivity index (χ2n) is 15.2. The predicted molar refractivity (Wildman–Crippen MR) is 213 cm³/mol. The highest BCUT2D eigenvalue weighted by Crippen LogP contribution is 2.40. The Morgan fingerprint density at radius 2 is 1.43 bits per heavy atom. The lowest BCUT2D eigenvalue weighted by atomic mass is 9.88. The maximum Gasteiger partial charge on any atom is 0.326 e. The molecule has 3 fully saturated rings. The smallest absolute Gasteiger partial charge is 0.326 e. The molecule has 3 N–H and O–H groups in total. The number of rotatable bonds is 10. The Labute approximate surface area is 327 Å². The maximum absolute atomic E-state index is 14.1. The van der Waals surface area contributed by atoms with Gasteiger partial charge in [-0.25, -0.2) is 4.79 Å². The first-order valence-corrected chi connectivity index (χ1v) is 19.9. The number of nitrogens with one attached hydrogen (secondary N) is 2. The molecule has 3 atom stereocenters. The average molecular weight is 762 g/mol. The van der Waals surface area contributed by atoms with Crippen LogP contribution in [0.1, 0.15) is 91.4 Å². The summed E-state index contributed by atoms with van der Waals surface area (Å²) in [6.45, 7) is 9.78. The molecule has 4 aliphatic heterocycles. The van der Waals surface area contributed by atoms with E-state index in [-0.39, 0.29) is 24.3 Å². The number of aryl methyl sites for hydroxylation is 2. The van der Waals surface area contributed by atoms with E-state index in [0.29, 0.717) is 80.8 Å². The number of carbonyl (C=O) groups excluding carboxylic acids is 4. The summed E-state index contributed by atoms with van der Waals surface area (Å²) in [6.07, 6.45) is 6.18. The van der Waals surface area contributed by atoms with Crippen molar-refractivity contribution in [2.75, 3.05) is 38.0 Å². The minimum Gasteiger partial charge on any atom is -0.480 e. The number of ether oxygens (including phenoxy) is 1. The van der Waals surface area contributed by atoms with Gasteiger partial charge in [-0.3, -0.25) is 19.2 Å². The molecule has 0 saturated carbocycles. The Kier molecular flexibility index (Phi) is 11.2. The topological polar surface area (TPSA) is 149 Å². The number of carboxylic acids is 1. The number of amides is 4. The quantitative estimate of drug-likeness (QED) is 0.219. The second-order valence-corrected chi connectivity index (χ2v) is 15.2. The van der Waals surface area contributed by atoms with Gasteiger partial charge in [-0.2, -0.15) is 0 Å². The first-order valence-electron chi connectivity index (χ1n) is 19.9. The Morgan fingerprint density at radius 3 is 2.11 bits per heavy atom. The van der Waals surface area contributed by atoms with E-state index in [2.05, 4.69) is 48.8 Å². The van der Waals surface area contributed by atoms with Crippen molar-refractivity contribution in [3.63, 3.8) is 0 Å². The molecular formula is C44H51N5O7. The third kappa shape index (κ3) is 7.24. The Balaban J connectivity index is 1.13. The first kappa shape index (κ1) is 38.6. The van der Waals surface area contributed by atoms with Gasteiger partial charge in [0, 0.05) is 59.9 Å². The number of carboxylic acid groups (broad SMARTS) is 1. The highest BCUT2D eigenvalue weighted by atomic mass is 16.5. The molecule has 3 saturated heterocycles. The lowest BCUT2D eigenvalue weighted by molar-refractivity contribution is -0.153. The highest BCUT2D eigenvalue weighted by molar-refractivity contribution is 6.03. The third-order valence-corrected chi connectivity index (χ3v) is 11.6. The van der Waals surface area contributed by atoms with E-state index < -0.39 is 30.0 Å². The Hall–Kier alpha value is -5.65. The summed E-state index contributed by atoms with van der Waals surface area (Å²) in [5.41, 5.74) is 5.92. The van der Waals surface area contributed by atoms with Crippen LogP contribution in [0.3, 0.4) is 0 Å². The lowest BCUT2D eigenvalue weighted by Gasteiger charge is -2.33. The molecule has 4 heterocycles. The van der Waals surface area contributed by atoms with Gasteiger partial charge in [-0.05, 0) is 112 Å². The van der Waals surface area contributed by atoms with Gasteiger partial charge in [-0.15, -0.1) is 0 Å². The van der Waals surface area contributed by atoms with E-state index in [0.717, 1.165) is 51.4 Å². The van der Waals surface area contributed by atoms with E-state index >= 15 is 0 Å². The van der Waals surface area contributed by atoms with Crippen LogP contribution in [0, 0.1) is 13.8 Å². The van der Waals surface area contributed by atoms with Crippen molar-refractivity contribution in [2.45, 2.75) is 90.8 Å². The number of hydrogen-bond acceptors (Lipinski definition) is 7. The normalized spacial score (nSPS) is 20.4. The summed E-state index contributed by atoms with van der Waals surface area (Å²) < 4.78 is 6.57. The van der Waals surface area contributed by atoms with Crippen molar-refractivity contribution in [1.29, 1.82) is 0 Å². The van der Waals surface area contributed by atoms with Crippen LogP contribution in [0.25, 0.3) is 11.6 Å². The molecule has 0 aromatic heterocycles. The van der Waals surface area contributed by atoms with Crippen LogP contribution >= 0.6 is 0 Å². The molecule has 4 amide bonds. The van der Waals surface area contributed by atoms with E-state index in [1.54, 1.807) is 17.0 Å². The van der Waals surface area contributed by atoms with Crippen LogP contribution in [0.5, 0.6) is 11.5 Å². The van der Waals surface area contributed by atoms with Crippen molar-refractivity contribution in [3.05, 3.63) is 86.8 Å². The summed E-state index contributed by atoms with van der Waals surface area (Å²) in [5, 5.41) is 17.9. The van der Waals surface area contributed by atoms with Gasteiger partial charge in [0.15, 0.2) is 0 Å². The van der Waals surface area contributed by atoms with Crippen molar-refractivity contribution in [2.24, 2.45) is 0 Å². The van der Waals surface area contributed by atoms with Gasteiger partial charge in [0.1, 0.15) is 29.6 Å².